The molecule has 3 nitrogen and oxygen atoms in total. The summed E-state index contributed by atoms with van der Waals surface area (Å²) in [5, 5.41) is 10.4. The third kappa shape index (κ3) is 2.16. The first kappa shape index (κ1) is 13.4. The number of hydrogen-bond acceptors (Lipinski definition) is 3. The van der Waals surface area contributed by atoms with Gasteiger partial charge in [-0.05, 0) is 31.2 Å². The van der Waals surface area contributed by atoms with Crippen molar-refractivity contribution in [3.05, 3.63) is 28.7 Å². The van der Waals surface area contributed by atoms with Crippen LogP contribution in [0.5, 0.6) is 0 Å². The normalized spacial score (nSPS) is 22.2. The van der Waals surface area contributed by atoms with Crippen molar-refractivity contribution in [1.82, 2.24) is 0 Å². The Morgan fingerprint density at radius 1 is 1.35 bits per heavy atom. The minimum absolute atomic E-state index is 0.128. The van der Waals surface area contributed by atoms with Gasteiger partial charge in [-0.1, -0.05) is 12.5 Å². The summed E-state index contributed by atoms with van der Waals surface area (Å²) < 4.78 is 0. The molecular weight excluding hydrogens is 268 g/mol. The summed E-state index contributed by atoms with van der Waals surface area (Å²) in [5.41, 5.74) is 1.96. The lowest BCUT2D eigenvalue weighted by Crippen LogP contribution is -2.24. The van der Waals surface area contributed by atoms with E-state index in [1.165, 1.54) is 23.3 Å². The number of hydrogen-bond donors (Lipinski definition) is 0. The summed E-state index contributed by atoms with van der Waals surface area (Å²) in [7, 11) is 0. The largest absolute Gasteiger partial charge is 0.302 e. The predicted octanol–water partition coefficient (Wildman–Crippen LogP) is 3.43. The highest BCUT2D eigenvalue weighted by atomic mass is 32.1. The first-order valence-corrected chi connectivity index (χ1v) is 8.03. The molecule has 0 bridgehead atoms. The number of carbonyl (C=O) groups excluding carboxylic acids is 1. The number of thiophene rings is 1. The molecule has 2 heterocycles. The molecule has 0 N–H and O–H groups in total. The summed E-state index contributed by atoms with van der Waals surface area (Å²) in [6.45, 7) is 4.46. The van der Waals surface area contributed by atoms with Crippen LogP contribution in [0.15, 0.2) is 12.7 Å². The molecule has 1 saturated heterocycles. The molecule has 4 heteroatoms. The summed E-state index contributed by atoms with van der Waals surface area (Å²) >= 11 is 1.66. The van der Waals surface area contributed by atoms with E-state index in [-0.39, 0.29) is 11.8 Å². The fraction of sp³-hybridized carbons (Fsp3) is 0.500. The number of rotatable bonds is 2. The van der Waals surface area contributed by atoms with E-state index in [2.05, 4.69) is 12.6 Å². The number of carbonyl (C=O) groups is 1. The average molecular weight is 286 g/mol. The van der Waals surface area contributed by atoms with Gasteiger partial charge in [-0.2, -0.15) is 5.26 Å². The van der Waals surface area contributed by atoms with E-state index in [4.69, 9.17) is 0 Å². The number of amides is 1. The van der Waals surface area contributed by atoms with E-state index in [1.807, 2.05) is 11.0 Å². The standard InChI is InChI=1S/C16H18N2OS/c1-2-11-8-15(19)18(10-11)16-13(9-17)12-6-4-3-5-7-14(12)20-16/h2,11H,1,3-8,10H2. The average Bonchev–Trinajstić information content (AvgIpc) is 2.90. The molecule has 1 unspecified atom stereocenters. The van der Waals surface area contributed by atoms with E-state index in [0.29, 0.717) is 13.0 Å². The molecule has 104 valence electrons. The molecule has 0 radical (unpaired) electrons. The Balaban J connectivity index is 2.00. The third-order valence-electron chi connectivity index (χ3n) is 4.25. The molecule has 3 rings (SSSR count). The fourth-order valence-corrected chi connectivity index (χ4v) is 4.49. The Labute approximate surface area is 123 Å². The Morgan fingerprint density at radius 3 is 2.85 bits per heavy atom. The maximum Gasteiger partial charge on any atom is 0.228 e. The van der Waals surface area contributed by atoms with Crippen molar-refractivity contribution in [1.29, 1.82) is 5.26 Å². The van der Waals surface area contributed by atoms with E-state index in [0.717, 1.165) is 29.8 Å². The summed E-state index contributed by atoms with van der Waals surface area (Å²) in [4.78, 5) is 15.3. The maximum atomic E-state index is 12.2. The second-order valence-electron chi connectivity index (χ2n) is 5.56. The van der Waals surface area contributed by atoms with Crippen LogP contribution in [-0.4, -0.2) is 12.5 Å². The van der Waals surface area contributed by atoms with Crippen molar-refractivity contribution in [3.8, 4) is 6.07 Å². The van der Waals surface area contributed by atoms with Crippen molar-refractivity contribution < 1.29 is 4.79 Å². The SMILES string of the molecule is C=CC1CC(=O)N(c2sc3c(c2C#N)CCCCC3)C1. The van der Waals surface area contributed by atoms with Gasteiger partial charge in [-0.15, -0.1) is 17.9 Å². The van der Waals surface area contributed by atoms with Gasteiger partial charge in [0, 0.05) is 23.8 Å². The van der Waals surface area contributed by atoms with Crippen LogP contribution in [0.3, 0.4) is 0 Å². The monoisotopic (exact) mass is 286 g/mol. The lowest BCUT2D eigenvalue weighted by atomic mass is 10.1. The molecule has 2 aliphatic rings. The molecule has 1 aliphatic carbocycles. The van der Waals surface area contributed by atoms with Gasteiger partial charge in [-0.3, -0.25) is 4.79 Å². The molecule has 1 aromatic rings. The van der Waals surface area contributed by atoms with Gasteiger partial charge in [0.25, 0.3) is 0 Å². The highest BCUT2D eigenvalue weighted by Crippen LogP contribution is 2.41. The third-order valence-corrected chi connectivity index (χ3v) is 5.56. The van der Waals surface area contributed by atoms with Crippen molar-refractivity contribution in [3.63, 3.8) is 0 Å². The minimum Gasteiger partial charge on any atom is -0.302 e. The van der Waals surface area contributed by atoms with E-state index < -0.39 is 0 Å². The first-order chi connectivity index (χ1) is 9.74. The van der Waals surface area contributed by atoms with Crippen LogP contribution in [0.1, 0.15) is 41.7 Å². The highest BCUT2D eigenvalue weighted by Gasteiger charge is 2.33. The topological polar surface area (TPSA) is 44.1 Å². The quantitative estimate of drug-likeness (QED) is 0.617. The van der Waals surface area contributed by atoms with E-state index >= 15 is 0 Å². The van der Waals surface area contributed by atoms with Crippen LogP contribution in [0.2, 0.25) is 0 Å². The Bertz CT molecular complexity index is 596. The molecule has 1 atom stereocenters. The Hall–Kier alpha value is -1.60. The van der Waals surface area contributed by atoms with Crippen molar-refractivity contribution in [2.45, 2.75) is 38.5 Å². The zero-order chi connectivity index (χ0) is 14.1. The lowest BCUT2D eigenvalue weighted by Gasteiger charge is -2.14. The van der Waals surface area contributed by atoms with Gasteiger partial charge >= 0.3 is 0 Å². The number of aryl methyl sites for hydroxylation is 1. The molecule has 0 aromatic carbocycles. The highest BCUT2D eigenvalue weighted by molar-refractivity contribution is 7.16. The molecule has 1 aliphatic heterocycles. The van der Waals surface area contributed by atoms with Gasteiger partial charge in [0.2, 0.25) is 5.91 Å². The molecule has 1 fully saturated rings. The van der Waals surface area contributed by atoms with Gasteiger partial charge in [0.1, 0.15) is 11.1 Å². The van der Waals surface area contributed by atoms with Crippen LogP contribution in [-0.2, 0) is 17.6 Å². The Kier molecular flexibility index (Phi) is 3.62. The number of anilines is 1. The summed E-state index contributed by atoms with van der Waals surface area (Å²) in [6, 6.07) is 2.35. The zero-order valence-electron chi connectivity index (χ0n) is 11.5. The van der Waals surface area contributed by atoms with Crippen LogP contribution in [0.4, 0.5) is 5.00 Å². The number of nitriles is 1. The second-order valence-corrected chi connectivity index (χ2v) is 6.64. The van der Waals surface area contributed by atoms with Crippen LogP contribution < -0.4 is 4.90 Å². The fourth-order valence-electron chi connectivity index (χ4n) is 3.12. The second kappa shape index (κ2) is 5.41. The van der Waals surface area contributed by atoms with Gasteiger partial charge in [0.05, 0.1) is 5.56 Å². The Morgan fingerprint density at radius 2 is 2.15 bits per heavy atom. The van der Waals surface area contributed by atoms with Crippen molar-refractivity contribution in [2.24, 2.45) is 5.92 Å². The first-order valence-electron chi connectivity index (χ1n) is 7.22. The molecule has 20 heavy (non-hydrogen) atoms. The van der Waals surface area contributed by atoms with Crippen molar-refractivity contribution in [2.75, 3.05) is 11.4 Å². The number of nitrogens with zero attached hydrogens (tertiary/aromatic N) is 2. The number of fused-ring (bicyclic) bond motifs is 1. The van der Waals surface area contributed by atoms with Crippen LogP contribution in [0, 0.1) is 17.2 Å². The summed E-state index contributed by atoms with van der Waals surface area (Å²) in [6.07, 6.45) is 8.01. The maximum absolute atomic E-state index is 12.2. The zero-order valence-corrected chi connectivity index (χ0v) is 12.3. The molecular formula is C16H18N2OS. The van der Waals surface area contributed by atoms with Gasteiger partial charge in [-0.25, -0.2) is 0 Å². The smallest absolute Gasteiger partial charge is 0.228 e. The molecule has 0 saturated carbocycles. The predicted molar refractivity (Wildman–Crippen MR) is 81.0 cm³/mol. The van der Waals surface area contributed by atoms with Gasteiger partial charge < -0.3 is 4.90 Å². The molecule has 1 amide bonds. The molecule has 0 spiro atoms. The van der Waals surface area contributed by atoms with Crippen LogP contribution >= 0.6 is 11.3 Å². The minimum atomic E-state index is 0.128. The molecule has 1 aromatic heterocycles. The van der Waals surface area contributed by atoms with E-state index in [1.54, 1.807) is 11.3 Å². The lowest BCUT2D eigenvalue weighted by molar-refractivity contribution is -0.117. The van der Waals surface area contributed by atoms with E-state index in [9.17, 15) is 10.1 Å². The van der Waals surface area contributed by atoms with Crippen LogP contribution in [0.25, 0.3) is 0 Å². The summed E-state index contributed by atoms with van der Waals surface area (Å²) in [5.74, 6) is 0.346. The van der Waals surface area contributed by atoms with Gasteiger partial charge in [0.15, 0.2) is 0 Å². The van der Waals surface area contributed by atoms with Crippen molar-refractivity contribution >= 4 is 22.2 Å².